The van der Waals surface area contributed by atoms with Crippen molar-refractivity contribution in [2.75, 3.05) is 11.9 Å². The maximum atomic E-state index is 6.06. The number of benzene rings is 2. The highest BCUT2D eigenvalue weighted by Gasteiger charge is 2.00. The van der Waals surface area contributed by atoms with Crippen LogP contribution in [0.4, 0.5) is 5.69 Å². The van der Waals surface area contributed by atoms with Crippen LogP contribution < -0.4 is 5.32 Å². The Hall–Kier alpha value is -0.890. The third-order valence-electron chi connectivity index (χ3n) is 2.57. The number of nitrogens with one attached hydrogen (secondary N) is 1. The fraction of sp³-hybridized carbons (Fsp3) is 0.143. The Balaban J connectivity index is 1.92. The summed E-state index contributed by atoms with van der Waals surface area (Å²) >= 11 is 17.8. The molecule has 0 aliphatic rings. The number of anilines is 1. The second-order valence-corrected chi connectivity index (χ2v) is 5.21. The Labute approximate surface area is 122 Å². The lowest BCUT2D eigenvalue weighted by Gasteiger charge is -2.08. The van der Waals surface area contributed by atoms with Crippen molar-refractivity contribution in [1.82, 2.24) is 0 Å². The summed E-state index contributed by atoms with van der Waals surface area (Å²) in [6.07, 6.45) is 0.903. The summed E-state index contributed by atoms with van der Waals surface area (Å²) in [5, 5.41) is 5.37. The minimum atomic E-state index is 0.674. The van der Waals surface area contributed by atoms with E-state index in [1.165, 1.54) is 5.56 Å². The van der Waals surface area contributed by atoms with Crippen LogP contribution in [0.25, 0.3) is 0 Å². The zero-order valence-electron chi connectivity index (χ0n) is 9.59. The van der Waals surface area contributed by atoms with Gasteiger partial charge in [0, 0.05) is 16.6 Å². The molecule has 2 rings (SSSR count). The third-order valence-corrected chi connectivity index (χ3v) is 3.39. The van der Waals surface area contributed by atoms with Gasteiger partial charge in [0.15, 0.2) is 0 Å². The quantitative estimate of drug-likeness (QED) is 0.807. The van der Waals surface area contributed by atoms with Crippen LogP contribution in [0.3, 0.4) is 0 Å². The predicted molar refractivity (Wildman–Crippen MR) is 80.1 cm³/mol. The standard InChI is InChI=1S/C14H12Cl3N/c15-11-3-1-10(2-4-11)7-8-18-14-9-12(16)5-6-13(14)17/h1-6,9,18H,7-8H2. The molecular weight excluding hydrogens is 289 g/mol. The molecule has 18 heavy (non-hydrogen) atoms. The summed E-state index contributed by atoms with van der Waals surface area (Å²) in [4.78, 5) is 0. The smallest absolute Gasteiger partial charge is 0.0638 e. The van der Waals surface area contributed by atoms with Gasteiger partial charge in [0.25, 0.3) is 0 Å². The molecule has 0 atom stereocenters. The summed E-state index contributed by atoms with van der Waals surface area (Å²) in [5.41, 5.74) is 2.09. The number of halogens is 3. The van der Waals surface area contributed by atoms with E-state index in [1.54, 1.807) is 12.1 Å². The van der Waals surface area contributed by atoms with Crippen molar-refractivity contribution in [3.8, 4) is 0 Å². The van der Waals surface area contributed by atoms with Crippen LogP contribution in [0.2, 0.25) is 15.1 Å². The number of hydrogen-bond donors (Lipinski definition) is 1. The van der Waals surface area contributed by atoms with Crippen molar-refractivity contribution in [2.24, 2.45) is 0 Å². The summed E-state index contributed by atoms with van der Waals surface area (Å²) in [5.74, 6) is 0. The molecule has 0 unspecified atom stereocenters. The maximum Gasteiger partial charge on any atom is 0.0638 e. The van der Waals surface area contributed by atoms with Crippen LogP contribution in [0.15, 0.2) is 42.5 Å². The Bertz CT molecular complexity index is 523. The molecule has 0 spiro atoms. The fourth-order valence-electron chi connectivity index (χ4n) is 1.63. The first-order valence-electron chi connectivity index (χ1n) is 5.58. The summed E-state index contributed by atoms with van der Waals surface area (Å²) in [6, 6.07) is 13.2. The van der Waals surface area contributed by atoms with Crippen molar-refractivity contribution in [1.29, 1.82) is 0 Å². The van der Waals surface area contributed by atoms with Gasteiger partial charge in [-0.15, -0.1) is 0 Å². The van der Waals surface area contributed by atoms with E-state index >= 15 is 0 Å². The molecule has 0 fully saturated rings. The van der Waals surface area contributed by atoms with Crippen LogP contribution in [0.1, 0.15) is 5.56 Å². The van der Waals surface area contributed by atoms with Gasteiger partial charge in [-0.1, -0.05) is 46.9 Å². The fourth-order valence-corrected chi connectivity index (χ4v) is 2.11. The largest absolute Gasteiger partial charge is 0.383 e. The average molecular weight is 301 g/mol. The lowest BCUT2D eigenvalue weighted by atomic mass is 10.1. The molecule has 1 N–H and O–H groups in total. The van der Waals surface area contributed by atoms with E-state index in [0.29, 0.717) is 10.0 Å². The SMILES string of the molecule is Clc1ccc(CCNc2cc(Cl)ccc2Cl)cc1. The van der Waals surface area contributed by atoms with E-state index < -0.39 is 0 Å². The summed E-state index contributed by atoms with van der Waals surface area (Å²) < 4.78 is 0. The first-order valence-corrected chi connectivity index (χ1v) is 6.72. The van der Waals surface area contributed by atoms with Crippen molar-refractivity contribution in [2.45, 2.75) is 6.42 Å². The normalized spacial score (nSPS) is 10.4. The zero-order valence-corrected chi connectivity index (χ0v) is 11.9. The van der Waals surface area contributed by atoms with Crippen LogP contribution in [-0.2, 0) is 6.42 Å². The summed E-state index contributed by atoms with van der Waals surface area (Å²) in [6.45, 7) is 0.793. The third kappa shape index (κ3) is 3.81. The molecule has 0 saturated heterocycles. The highest BCUT2D eigenvalue weighted by atomic mass is 35.5. The van der Waals surface area contributed by atoms with Crippen LogP contribution in [0.5, 0.6) is 0 Å². The van der Waals surface area contributed by atoms with Gasteiger partial charge in [-0.3, -0.25) is 0 Å². The zero-order chi connectivity index (χ0) is 13.0. The van der Waals surface area contributed by atoms with Crippen LogP contribution in [0, 0.1) is 0 Å². The average Bonchev–Trinajstić information content (AvgIpc) is 2.36. The van der Waals surface area contributed by atoms with E-state index in [1.807, 2.05) is 30.3 Å². The summed E-state index contributed by atoms with van der Waals surface area (Å²) in [7, 11) is 0. The monoisotopic (exact) mass is 299 g/mol. The minimum Gasteiger partial charge on any atom is -0.383 e. The van der Waals surface area contributed by atoms with Crippen molar-refractivity contribution in [3.05, 3.63) is 63.1 Å². The molecule has 2 aromatic rings. The number of rotatable bonds is 4. The van der Waals surface area contributed by atoms with Gasteiger partial charge in [-0.25, -0.2) is 0 Å². The van der Waals surface area contributed by atoms with Gasteiger partial charge in [0.2, 0.25) is 0 Å². The molecule has 0 aliphatic heterocycles. The Morgan fingerprint density at radius 2 is 1.50 bits per heavy atom. The van der Waals surface area contributed by atoms with E-state index in [4.69, 9.17) is 34.8 Å². The van der Waals surface area contributed by atoms with E-state index in [2.05, 4.69) is 5.32 Å². The topological polar surface area (TPSA) is 12.0 Å². The molecule has 94 valence electrons. The van der Waals surface area contributed by atoms with Gasteiger partial charge in [0.1, 0.15) is 0 Å². The number of hydrogen-bond acceptors (Lipinski definition) is 1. The predicted octanol–water partition coefficient (Wildman–Crippen LogP) is 5.30. The Morgan fingerprint density at radius 3 is 2.22 bits per heavy atom. The highest BCUT2D eigenvalue weighted by molar-refractivity contribution is 6.35. The van der Waals surface area contributed by atoms with Gasteiger partial charge in [0.05, 0.1) is 10.7 Å². The molecular formula is C14H12Cl3N. The van der Waals surface area contributed by atoms with E-state index in [9.17, 15) is 0 Å². The lowest BCUT2D eigenvalue weighted by Crippen LogP contribution is -2.05. The molecule has 0 radical (unpaired) electrons. The minimum absolute atomic E-state index is 0.674. The molecule has 0 amide bonds. The molecule has 4 heteroatoms. The lowest BCUT2D eigenvalue weighted by molar-refractivity contribution is 1.02. The molecule has 2 aromatic carbocycles. The van der Waals surface area contributed by atoms with Crippen molar-refractivity contribution in [3.63, 3.8) is 0 Å². The second kappa shape index (κ2) is 6.33. The van der Waals surface area contributed by atoms with Gasteiger partial charge in [-0.05, 0) is 42.3 Å². The maximum absolute atomic E-state index is 6.06. The Morgan fingerprint density at radius 1 is 0.833 bits per heavy atom. The van der Waals surface area contributed by atoms with E-state index in [0.717, 1.165) is 23.7 Å². The van der Waals surface area contributed by atoms with Crippen molar-refractivity contribution >= 4 is 40.5 Å². The molecule has 0 saturated carbocycles. The van der Waals surface area contributed by atoms with Crippen molar-refractivity contribution < 1.29 is 0 Å². The van der Waals surface area contributed by atoms with Gasteiger partial charge in [-0.2, -0.15) is 0 Å². The molecule has 1 nitrogen and oxygen atoms in total. The molecule has 0 aromatic heterocycles. The highest BCUT2D eigenvalue weighted by Crippen LogP contribution is 2.25. The van der Waals surface area contributed by atoms with Gasteiger partial charge < -0.3 is 5.32 Å². The molecule has 0 aliphatic carbocycles. The first kappa shape index (κ1) is 13.5. The second-order valence-electron chi connectivity index (χ2n) is 3.93. The van der Waals surface area contributed by atoms with Gasteiger partial charge >= 0.3 is 0 Å². The van der Waals surface area contributed by atoms with E-state index in [-0.39, 0.29) is 0 Å². The molecule has 0 heterocycles. The Kier molecular flexibility index (Phi) is 4.76. The first-order chi connectivity index (χ1) is 8.65. The molecule has 0 bridgehead atoms. The van der Waals surface area contributed by atoms with Crippen LogP contribution in [-0.4, -0.2) is 6.54 Å². The van der Waals surface area contributed by atoms with Crippen LogP contribution >= 0.6 is 34.8 Å².